The standard InChI is InChI=1S/C24H20N2O2S/c1-17-6-5-9-21(14-17)28-15-23(27)25-20-12-10-18(11-13-20)22-16-29-24(26-22)19-7-3-2-4-8-19/h2-14,16H,15H2,1H3,(H,25,27). The van der Waals surface area contributed by atoms with Crippen molar-refractivity contribution < 1.29 is 9.53 Å². The molecule has 1 amide bonds. The third-order valence-corrected chi connectivity index (χ3v) is 5.24. The molecule has 0 saturated heterocycles. The van der Waals surface area contributed by atoms with Gasteiger partial charge in [0.15, 0.2) is 6.61 Å². The van der Waals surface area contributed by atoms with Crippen LogP contribution in [0.2, 0.25) is 0 Å². The smallest absolute Gasteiger partial charge is 0.262 e. The van der Waals surface area contributed by atoms with Gasteiger partial charge in [0, 0.05) is 22.2 Å². The number of anilines is 1. The summed E-state index contributed by atoms with van der Waals surface area (Å²) < 4.78 is 5.54. The van der Waals surface area contributed by atoms with E-state index in [1.807, 2.05) is 79.0 Å². The van der Waals surface area contributed by atoms with Gasteiger partial charge >= 0.3 is 0 Å². The maximum Gasteiger partial charge on any atom is 0.262 e. The van der Waals surface area contributed by atoms with E-state index in [-0.39, 0.29) is 12.5 Å². The molecule has 1 N–H and O–H groups in total. The number of hydrogen-bond acceptors (Lipinski definition) is 4. The summed E-state index contributed by atoms with van der Waals surface area (Å²) >= 11 is 1.62. The van der Waals surface area contributed by atoms with Crippen molar-refractivity contribution in [3.63, 3.8) is 0 Å². The molecule has 0 aliphatic carbocycles. The number of carbonyl (C=O) groups is 1. The van der Waals surface area contributed by atoms with Crippen LogP contribution in [0.3, 0.4) is 0 Å². The lowest BCUT2D eigenvalue weighted by Gasteiger charge is -2.08. The number of nitrogens with one attached hydrogen (secondary N) is 1. The Morgan fingerprint density at radius 2 is 1.76 bits per heavy atom. The first-order valence-corrected chi connectivity index (χ1v) is 10.2. The molecule has 0 radical (unpaired) electrons. The zero-order valence-corrected chi connectivity index (χ0v) is 16.8. The highest BCUT2D eigenvalue weighted by Crippen LogP contribution is 2.29. The van der Waals surface area contributed by atoms with E-state index < -0.39 is 0 Å². The number of rotatable bonds is 6. The molecule has 5 heteroatoms. The predicted octanol–water partition coefficient (Wildman–Crippen LogP) is 5.80. The van der Waals surface area contributed by atoms with Crippen molar-refractivity contribution in [3.05, 3.63) is 89.8 Å². The zero-order valence-electron chi connectivity index (χ0n) is 16.0. The second-order valence-electron chi connectivity index (χ2n) is 6.63. The van der Waals surface area contributed by atoms with Gasteiger partial charge < -0.3 is 10.1 Å². The van der Waals surface area contributed by atoms with Crippen molar-refractivity contribution >= 4 is 22.9 Å². The summed E-state index contributed by atoms with van der Waals surface area (Å²) in [4.78, 5) is 16.9. The summed E-state index contributed by atoms with van der Waals surface area (Å²) in [6.45, 7) is 1.96. The van der Waals surface area contributed by atoms with Gasteiger partial charge in [-0.05, 0) is 36.8 Å². The van der Waals surface area contributed by atoms with Crippen LogP contribution in [-0.2, 0) is 4.79 Å². The quantitative estimate of drug-likeness (QED) is 0.445. The lowest BCUT2D eigenvalue weighted by Crippen LogP contribution is -2.20. The molecular formula is C24H20N2O2S. The number of carbonyl (C=O) groups excluding carboxylic acids is 1. The van der Waals surface area contributed by atoms with Crippen LogP contribution in [0.25, 0.3) is 21.8 Å². The molecule has 1 heterocycles. The highest BCUT2D eigenvalue weighted by Gasteiger charge is 2.08. The van der Waals surface area contributed by atoms with Crippen LogP contribution >= 0.6 is 11.3 Å². The number of amides is 1. The van der Waals surface area contributed by atoms with Crippen molar-refractivity contribution in [3.8, 4) is 27.6 Å². The van der Waals surface area contributed by atoms with Crippen molar-refractivity contribution in [2.75, 3.05) is 11.9 Å². The fraction of sp³-hybridized carbons (Fsp3) is 0.0833. The Morgan fingerprint density at radius 1 is 0.966 bits per heavy atom. The minimum Gasteiger partial charge on any atom is -0.484 e. The molecule has 0 saturated carbocycles. The van der Waals surface area contributed by atoms with Crippen LogP contribution in [0.1, 0.15) is 5.56 Å². The molecule has 4 nitrogen and oxygen atoms in total. The van der Waals surface area contributed by atoms with Gasteiger partial charge in [-0.3, -0.25) is 4.79 Å². The van der Waals surface area contributed by atoms with Gasteiger partial charge in [0.05, 0.1) is 5.69 Å². The normalized spacial score (nSPS) is 10.5. The Hall–Kier alpha value is -3.44. The summed E-state index contributed by atoms with van der Waals surface area (Å²) in [6, 6.07) is 25.4. The third-order valence-electron chi connectivity index (χ3n) is 4.35. The Balaban J connectivity index is 1.37. The highest BCUT2D eigenvalue weighted by atomic mass is 32.1. The van der Waals surface area contributed by atoms with Crippen molar-refractivity contribution in [1.82, 2.24) is 4.98 Å². The highest BCUT2D eigenvalue weighted by molar-refractivity contribution is 7.13. The summed E-state index contributed by atoms with van der Waals surface area (Å²) in [5.41, 5.74) is 4.87. The Morgan fingerprint density at radius 3 is 2.52 bits per heavy atom. The van der Waals surface area contributed by atoms with Gasteiger partial charge in [0.1, 0.15) is 10.8 Å². The Bertz CT molecular complexity index is 1110. The third kappa shape index (κ3) is 4.89. The van der Waals surface area contributed by atoms with Gasteiger partial charge in [-0.1, -0.05) is 54.6 Å². The van der Waals surface area contributed by atoms with Crippen molar-refractivity contribution in [2.45, 2.75) is 6.92 Å². The first-order chi connectivity index (χ1) is 14.2. The first-order valence-electron chi connectivity index (χ1n) is 9.28. The van der Waals surface area contributed by atoms with E-state index in [4.69, 9.17) is 9.72 Å². The molecule has 0 spiro atoms. The minimum absolute atomic E-state index is 0.0300. The summed E-state index contributed by atoms with van der Waals surface area (Å²) in [5, 5.41) is 5.89. The number of hydrogen-bond donors (Lipinski definition) is 1. The zero-order chi connectivity index (χ0) is 20.1. The van der Waals surface area contributed by atoms with Crippen molar-refractivity contribution in [2.24, 2.45) is 0 Å². The van der Waals surface area contributed by atoms with Gasteiger partial charge in [0.2, 0.25) is 0 Å². The molecule has 144 valence electrons. The van der Waals surface area contributed by atoms with Crippen LogP contribution in [0, 0.1) is 6.92 Å². The number of aromatic nitrogens is 1. The van der Waals surface area contributed by atoms with Gasteiger partial charge in [0.25, 0.3) is 5.91 Å². The van der Waals surface area contributed by atoms with E-state index in [0.717, 1.165) is 33.1 Å². The largest absolute Gasteiger partial charge is 0.484 e. The molecule has 0 aliphatic heterocycles. The Kier molecular flexibility index (Phi) is 5.68. The van der Waals surface area contributed by atoms with Gasteiger partial charge in [-0.2, -0.15) is 0 Å². The van der Waals surface area contributed by atoms with E-state index in [2.05, 4.69) is 17.4 Å². The average Bonchev–Trinajstić information content (AvgIpc) is 3.24. The fourth-order valence-electron chi connectivity index (χ4n) is 2.90. The Labute approximate surface area is 173 Å². The van der Waals surface area contributed by atoms with Crippen LogP contribution in [0.4, 0.5) is 5.69 Å². The van der Waals surface area contributed by atoms with E-state index in [1.165, 1.54) is 0 Å². The molecule has 3 aromatic carbocycles. The molecule has 0 bridgehead atoms. The summed E-state index contributed by atoms with van der Waals surface area (Å²) in [6.07, 6.45) is 0. The summed E-state index contributed by atoms with van der Waals surface area (Å²) in [7, 11) is 0. The first kappa shape index (κ1) is 18.9. The molecule has 0 atom stereocenters. The van der Waals surface area contributed by atoms with Crippen LogP contribution in [-0.4, -0.2) is 17.5 Å². The second kappa shape index (κ2) is 8.71. The van der Waals surface area contributed by atoms with Crippen molar-refractivity contribution in [1.29, 1.82) is 0 Å². The number of aryl methyl sites for hydroxylation is 1. The molecule has 1 aromatic heterocycles. The van der Waals surface area contributed by atoms with Crippen LogP contribution < -0.4 is 10.1 Å². The summed E-state index contributed by atoms with van der Waals surface area (Å²) in [5.74, 6) is 0.493. The van der Waals surface area contributed by atoms with Gasteiger partial charge in [-0.15, -0.1) is 11.3 Å². The number of benzene rings is 3. The van der Waals surface area contributed by atoms with E-state index in [9.17, 15) is 4.79 Å². The lowest BCUT2D eigenvalue weighted by atomic mass is 10.1. The van der Waals surface area contributed by atoms with E-state index in [1.54, 1.807) is 11.3 Å². The monoisotopic (exact) mass is 400 g/mol. The predicted molar refractivity (Wildman–Crippen MR) is 118 cm³/mol. The topological polar surface area (TPSA) is 51.2 Å². The second-order valence-corrected chi connectivity index (χ2v) is 7.49. The average molecular weight is 401 g/mol. The maximum atomic E-state index is 12.1. The molecule has 0 unspecified atom stereocenters. The SMILES string of the molecule is Cc1cccc(OCC(=O)Nc2ccc(-c3csc(-c4ccccc4)n3)cc2)c1. The molecule has 0 fully saturated rings. The van der Waals surface area contributed by atoms with Gasteiger partial charge in [-0.25, -0.2) is 4.98 Å². The number of nitrogens with zero attached hydrogens (tertiary/aromatic N) is 1. The molecule has 29 heavy (non-hydrogen) atoms. The molecule has 4 rings (SSSR count). The fourth-order valence-corrected chi connectivity index (χ4v) is 3.73. The molecular weight excluding hydrogens is 380 g/mol. The van der Waals surface area contributed by atoms with E-state index >= 15 is 0 Å². The number of ether oxygens (including phenoxy) is 1. The van der Waals surface area contributed by atoms with Crippen LogP contribution in [0.5, 0.6) is 5.75 Å². The minimum atomic E-state index is -0.195. The maximum absolute atomic E-state index is 12.1. The number of thiazole rings is 1. The van der Waals surface area contributed by atoms with E-state index in [0.29, 0.717) is 5.75 Å². The lowest BCUT2D eigenvalue weighted by molar-refractivity contribution is -0.118. The molecule has 4 aromatic rings. The molecule has 0 aliphatic rings. The van der Waals surface area contributed by atoms with Crippen LogP contribution in [0.15, 0.2) is 84.2 Å².